The Morgan fingerprint density at radius 1 is 1.42 bits per heavy atom. The normalized spacial score (nSPS) is 18.6. The Morgan fingerprint density at radius 2 is 2.21 bits per heavy atom. The maximum atomic E-state index is 12.6. The standard InChI is InChI=1S/C13H14N2O2S2/c1-13(2)12(17)14-4-5-15(13)11(16)10-7-9-8(19-10)3-6-18-9/h3,6-7H,4-5H2,1-2H3,(H,14,17). The fourth-order valence-corrected chi connectivity index (χ4v) is 4.32. The summed E-state index contributed by atoms with van der Waals surface area (Å²) in [6.07, 6.45) is 0. The molecule has 6 heteroatoms. The number of amides is 2. The molecule has 1 aliphatic heterocycles. The van der Waals surface area contributed by atoms with Crippen LogP contribution in [0.15, 0.2) is 17.5 Å². The van der Waals surface area contributed by atoms with Gasteiger partial charge >= 0.3 is 0 Å². The van der Waals surface area contributed by atoms with E-state index in [-0.39, 0.29) is 11.8 Å². The number of fused-ring (bicyclic) bond motifs is 1. The highest BCUT2D eigenvalue weighted by atomic mass is 32.1. The first kappa shape index (κ1) is 12.6. The van der Waals surface area contributed by atoms with Gasteiger partial charge in [-0.3, -0.25) is 9.59 Å². The van der Waals surface area contributed by atoms with Gasteiger partial charge in [-0.25, -0.2) is 0 Å². The Bertz CT molecular complexity index is 628. The molecule has 3 rings (SSSR count). The molecule has 3 heterocycles. The van der Waals surface area contributed by atoms with Crippen molar-refractivity contribution >= 4 is 43.9 Å². The van der Waals surface area contributed by atoms with Crippen molar-refractivity contribution in [1.29, 1.82) is 0 Å². The molecule has 2 aromatic rings. The predicted molar refractivity (Wildman–Crippen MR) is 77.8 cm³/mol. The summed E-state index contributed by atoms with van der Waals surface area (Å²) in [5.41, 5.74) is -0.785. The van der Waals surface area contributed by atoms with Gasteiger partial charge in [-0.15, -0.1) is 22.7 Å². The van der Waals surface area contributed by atoms with E-state index in [1.54, 1.807) is 30.1 Å². The van der Waals surface area contributed by atoms with Crippen LogP contribution in [0.2, 0.25) is 0 Å². The molecule has 0 atom stereocenters. The van der Waals surface area contributed by atoms with Crippen LogP contribution in [0.1, 0.15) is 23.5 Å². The number of carbonyl (C=O) groups is 2. The van der Waals surface area contributed by atoms with Gasteiger partial charge in [-0.1, -0.05) is 0 Å². The van der Waals surface area contributed by atoms with Crippen molar-refractivity contribution < 1.29 is 9.59 Å². The minimum atomic E-state index is -0.785. The van der Waals surface area contributed by atoms with Gasteiger partial charge in [-0.2, -0.15) is 0 Å². The van der Waals surface area contributed by atoms with Gasteiger partial charge in [0.05, 0.1) is 4.88 Å². The Balaban J connectivity index is 1.94. The molecule has 1 N–H and O–H groups in total. The van der Waals surface area contributed by atoms with Crippen molar-refractivity contribution in [2.45, 2.75) is 19.4 Å². The number of carbonyl (C=O) groups excluding carboxylic acids is 2. The summed E-state index contributed by atoms with van der Waals surface area (Å²) in [4.78, 5) is 26.9. The van der Waals surface area contributed by atoms with Crippen LogP contribution in [0.5, 0.6) is 0 Å². The zero-order chi connectivity index (χ0) is 13.6. The second kappa shape index (κ2) is 4.31. The third kappa shape index (κ3) is 1.95. The largest absolute Gasteiger partial charge is 0.352 e. The number of nitrogens with one attached hydrogen (secondary N) is 1. The summed E-state index contributed by atoms with van der Waals surface area (Å²) in [6, 6.07) is 3.95. The highest BCUT2D eigenvalue weighted by Gasteiger charge is 2.41. The van der Waals surface area contributed by atoms with Crippen LogP contribution >= 0.6 is 22.7 Å². The fourth-order valence-electron chi connectivity index (χ4n) is 2.26. The van der Waals surface area contributed by atoms with Crippen molar-refractivity contribution in [2.75, 3.05) is 13.1 Å². The predicted octanol–water partition coefficient (Wildman–Crippen LogP) is 2.31. The van der Waals surface area contributed by atoms with Crippen LogP contribution in [0.25, 0.3) is 9.40 Å². The summed E-state index contributed by atoms with van der Waals surface area (Å²) in [5.74, 6) is -0.140. The molecule has 0 aromatic carbocycles. The van der Waals surface area contributed by atoms with Gasteiger partial charge in [-0.05, 0) is 31.4 Å². The molecule has 1 saturated heterocycles. The van der Waals surface area contributed by atoms with E-state index in [0.29, 0.717) is 18.0 Å². The molecule has 0 spiro atoms. The third-order valence-electron chi connectivity index (χ3n) is 3.45. The van der Waals surface area contributed by atoms with E-state index in [4.69, 9.17) is 0 Å². The molecule has 2 amide bonds. The molecule has 2 aromatic heterocycles. The zero-order valence-electron chi connectivity index (χ0n) is 10.7. The molecule has 0 aliphatic carbocycles. The molecular formula is C13H14N2O2S2. The fraction of sp³-hybridized carbons (Fsp3) is 0.385. The molecule has 0 saturated carbocycles. The van der Waals surface area contributed by atoms with Crippen LogP contribution < -0.4 is 5.32 Å². The molecule has 1 fully saturated rings. The monoisotopic (exact) mass is 294 g/mol. The van der Waals surface area contributed by atoms with Crippen molar-refractivity contribution in [3.8, 4) is 0 Å². The first-order valence-corrected chi connectivity index (χ1v) is 7.77. The SMILES string of the molecule is CC1(C)C(=O)NCCN1C(=O)c1cc2sccc2s1. The molecule has 100 valence electrons. The Labute approximate surface area is 119 Å². The zero-order valence-corrected chi connectivity index (χ0v) is 12.4. The van der Waals surface area contributed by atoms with Gasteiger partial charge in [0, 0.05) is 22.5 Å². The van der Waals surface area contributed by atoms with E-state index in [2.05, 4.69) is 5.32 Å². The molecule has 19 heavy (non-hydrogen) atoms. The van der Waals surface area contributed by atoms with Gasteiger partial charge in [0.2, 0.25) is 5.91 Å². The molecule has 0 radical (unpaired) electrons. The quantitative estimate of drug-likeness (QED) is 0.877. The van der Waals surface area contributed by atoms with Crippen LogP contribution in [0.4, 0.5) is 0 Å². The lowest BCUT2D eigenvalue weighted by molar-refractivity contribution is -0.133. The number of piperazine rings is 1. The molecule has 0 unspecified atom stereocenters. The van der Waals surface area contributed by atoms with Crippen LogP contribution in [-0.2, 0) is 4.79 Å². The van der Waals surface area contributed by atoms with Gasteiger partial charge < -0.3 is 10.2 Å². The maximum absolute atomic E-state index is 12.6. The average molecular weight is 294 g/mol. The number of rotatable bonds is 1. The van der Waals surface area contributed by atoms with Crippen LogP contribution in [-0.4, -0.2) is 35.3 Å². The second-order valence-corrected chi connectivity index (χ2v) is 7.06. The third-order valence-corrected chi connectivity index (χ3v) is 5.53. The minimum absolute atomic E-state index is 0.0479. The van der Waals surface area contributed by atoms with E-state index in [0.717, 1.165) is 9.40 Å². The van der Waals surface area contributed by atoms with Crippen molar-refractivity contribution in [3.63, 3.8) is 0 Å². The summed E-state index contributed by atoms with van der Waals surface area (Å²) in [7, 11) is 0. The van der Waals surface area contributed by atoms with Crippen LogP contribution in [0, 0.1) is 0 Å². The van der Waals surface area contributed by atoms with E-state index in [1.807, 2.05) is 17.5 Å². The van der Waals surface area contributed by atoms with Crippen LogP contribution in [0.3, 0.4) is 0 Å². The lowest BCUT2D eigenvalue weighted by Gasteiger charge is -2.40. The van der Waals surface area contributed by atoms with E-state index < -0.39 is 5.54 Å². The van der Waals surface area contributed by atoms with Gasteiger partial charge in [0.1, 0.15) is 5.54 Å². The van der Waals surface area contributed by atoms with Gasteiger partial charge in [0.15, 0.2) is 0 Å². The Morgan fingerprint density at radius 3 is 2.95 bits per heavy atom. The molecule has 1 aliphatic rings. The molecule has 4 nitrogen and oxygen atoms in total. The minimum Gasteiger partial charge on any atom is -0.352 e. The Hall–Kier alpha value is -1.40. The summed E-state index contributed by atoms with van der Waals surface area (Å²) < 4.78 is 2.26. The Kier molecular flexibility index (Phi) is 2.87. The van der Waals surface area contributed by atoms with Gasteiger partial charge in [0.25, 0.3) is 5.91 Å². The first-order chi connectivity index (χ1) is 9.00. The van der Waals surface area contributed by atoms with Crippen molar-refractivity contribution in [1.82, 2.24) is 10.2 Å². The lowest BCUT2D eigenvalue weighted by Crippen LogP contribution is -2.63. The maximum Gasteiger partial charge on any atom is 0.264 e. The van der Waals surface area contributed by atoms with Crippen molar-refractivity contribution in [3.05, 3.63) is 22.4 Å². The number of hydrogen-bond donors (Lipinski definition) is 1. The van der Waals surface area contributed by atoms with E-state index in [1.165, 1.54) is 11.3 Å². The summed E-state index contributed by atoms with van der Waals surface area (Å²) in [6.45, 7) is 4.65. The first-order valence-electron chi connectivity index (χ1n) is 6.07. The summed E-state index contributed by atoms with van der Waals surface area (Å²) in [5, 5.41) is 4.82. The van der Waals surface area contributed by atoms with Crippen molar-refractivity contribution in [2.24, 2.45) is 0 Å². The van der Waals surface area contributed by atoms with E-state index in [9.17, 15) is 9.59 Å². The highest BCUT2D eigenvalue weighted by Crippen LogP contribution is 2.32. The number of thiophene rings is 2. The number of nitrogens with zero attached hydrogens (tertiary/aromatic N) is 1. The highest BCUT2D eigenvalue weighted by molar-refractivity contribution is 7.27. The molecule has 0 bridgehead atoms. The smallest absolute Gasteiger partial charge is 0.264 e. The second-order valence-electron chi connectivity index (χ2n) is 5.03. The van der Waals surface area contributed by atoms with E-state index >= 15 is 0 Å². The average Bonchev–Trinajstić information content (AvgIpc) is 2.92. The lowest BCUT2D eigenvalue weighted by atomic mass is 9.98. The topological polar surface area (TPSA) is 49.4 Å². The summed E-state index contributed by atoms with van der Waals surface area (Å²) >= 11 is 3.13. The number of hydrogen-bond acceptors (Lipinski definition) is 4. The molecular weight excluding hydrogens is 280 g/mol.